The lowest BCUT2D eigenvalue weighted by molar-refractivity contribution is 0.163. The highest BCUT2D eigenvalue weighted by Crippen LogP contribution is 2.27. The van der Waals surface area contributed by atoms with E-state index in [1.165, 1.54) is 11.8 Å². The van der Waals surface area contributed by atoms with Crippen LogP contribution in [-0.2, 0) is 0 Å². The Morgan fingerprint density at radius 3 is 1.40 bits per heavy atom. The van der Waals surface area contributed by atoms with Gasteiger partial charge in [-0.1, -0.05) is 0 Å². The van der Waals surface area contributed by atoms with E-state index in [2.05, 4.69) is 0 Å². The number of hydrogen-bond donors (Lipinski definition) is 4. The quantitative estimate of drug-likeness (QED) is 0.478. The predicted molar refractivity (Wildman–Crippen MR) is 61.9 cm³/mol. The summed E-state index contributed by atoms with van der Waals surface area (Å²) in [5.74, 6) is 0. The maximum Gasteiger partial charge on any atom is 0.0631 e. The molecule has 0 radical (unpaired) electrons. The van der Waals surface area contributed by atoms with E-state index in [1.54, 1.807) is 13.8 Å². The van der Waals surface area contributed by atoms with Gasteiger partial charge < -0.3 is 20.4 Å². The van der Waals surface area contributed by atoms with Crippen molar-refractivity contribution >= 4 is 11.8 Å². The molecule has 4 atom stereocenters. The van der Waals surface area contributed by atoms with Gasteiger partial charge in [0, 0.05) is 23.7 Å². The molecule has 0 saturated heterocycles. The Morgan fingerprint density at radius 1 is 0.867 bits per heavy atom. The molecule has 0 spiro atoms. The van der Waals surface area contributed by atoms with Crippen LogP contribution in [0.2, 0.25) is 0 Å². The number of aliphatic hydroxyl groups is 4. The van der Waals surface area contributed by atoms with Crippen molar-refractivity contribution in [3.05, 3.63) is 0 Å². The van der Waals surface area contributed by atoms with E-state index < -0.39 is 12.2 Å². The molecule has 0 fully saturated rings. The molecule has 0 aliphatic carbocycles. The summed E-state index contributed by atoms with van der Waals surface area (Å²) in [5.41, 5.74) is 0. The van der Waals surface area contributed by atoms with E-state index >= 15 is 0 Å². The highest BCUT2D eigenvalue weighted by molar-refractivity contribution is 8.00. The minimum absolute atomic E-state index is 0.0220. The Kier molecular flexibility index (Phi) is 8.46. The molecule has 0 aromatic heterocycles. The lowest BCUT2D eigenvalue weighted by atomic mass is 10.2. The van der Waals surface area contributed by atoms with Crippen molar-refractivity contribution in [2.45, 2.75) is 49.4 Å². The van der Waals surface area contributed by atoms with Crippen LogP contribution in [0.1, 0.15) is 26.7 Å². The second-order valence-electron chi connectivity index (χ2n) is 3.72. The van der Waals surface area contributed by atoms with Crippen molar-refractivity contribution in [2.24, 2.45) is 0 Å². The first-order valence-electron chi connectivity index (χ1n) is 5.26. The highest BCUT2D eigenvalue weighted by atomic mass is 32.2. The molecule has 5 heteroatoms. The van der Waals surface area contributed by atoms with Crippen molar-refractivity contribution in [2.75, 3.05) is 13.2 Å². The molecule has 15 heavy (non-hydrogen) atoms. The Balaban J connectivity index is 4.19. The first-order chi connectivity index (χ1) is 7.02. The van der Waals surface area contributed by atoms with Gasteiger partial charge in [-0.3, -0.25) is 0 Å². The normalized spacial score (nSPS) is 19.6. The van der Waals surface area contributed by atoms with Gasteiger partial charge in [-0.15, -0.1) is 11.8 Å². The van der Waals surface area contributed by atoms with E-state index in [0.29, 0.717) is 12.8 Å². The summed E-state index contributed by atoms with van der Waals surface area (Å²) in [6, 6.07) is 0. The van der Waals surface area contributed by atoms with Gasteiger partial charge in [0.25, 0.3) is 0 Å². The Hall–Kier alpha value is 0.190. The van der Waals surface area contributed by atoms with Gasteiger partial charge in [0.2, 0.25) is 0 Å². The minimum Gasteiger partial charge on any atom is -0.396 e. The average molecular weight is 238 g/mol. The summed E-state index contributed by atoms with van der Waals surface area (Å²) >= 11 is 1.44. The Bertz CT molecular complexity index is 136. The van der Waals surface area contributed by atoms with Gasteiger partial charge in [0.05, 0.1) is 12.2 Å². The molecular weight excluding hydrogens is 216 g/mol. The number of rotatable bonds is 8. The number of thioether (sulfide) groups is 1. The fraction of sp³-hybridized carbons (Fsp3) is 1.00. The van der Waals surface area contributed by atoms with Crippen LogP contribution in [0.25, 0.3) is 0 Å². The summed E-state index contributed by atoms with van der Waals surface area (Å²) in [4.78, 5) is 0. The number of hydrogen-bond acceptors (Lipinski definition) is 5. The molecular formula is C10H22O4S. The third-order valence-electron chi connectivity index (χ3n) is 2.25. The summed E-state index contributed by atoms with van der Waals surface area (Å²) in [5, 5.41) is 36.4. The van der Waals surface area contributed by atoms with E-state index in [4.69, 9.17) is 10.2 Å². The van der Waals surface area contributed by atoms with E-state index in [1.807, 2.05) is 0 Å². The molecule has 92 valence electrons. The van der Waals surface area contributed by atoms with Crippen LogP contribution in [0.3, 0.4) is 0 Å². The third kappa shape index (κ3) is 6.37. The lowest BCUT2D eigenvalue weighted by Gasteiger charge is -2.26. The molecule has 4 N–H and O–H groups in total. The van der Waals surface area contributed by atoms with Crippen molar-refractivity contribution in [3.8, 4) is 0 Å². The lowest BCUT2D eigenvalue weighted by Crippen LogP contribution is -2.29. The van der Waals surface area contributed by atoms with Crippen LogP contribution in [0.4, 0.5) is 0 Å². The fourth-order valence-corrected chi connectivity index (χ4v) is 2.71. The molecule has 0 rings (SSSR count). The average Bonchev–Trinajstić information content (AvgIpc) is 2.15. The molecule has 0 aliphatic heterocycles. The van der Waals surface area contributed by atoms with Crippen LogP contribution in [0, 0.1) is 0 Å². The summed E-state index contributed by atoms with van der Waals surface area (Å²) < 4.78 is 0. The second-order valence-corrected chi connectivity index (χ2v) is 5.20. The van der Waals surface area contributed by atoms with Gasteiger partial charge in [-0.2, -0.15) is 0 Å². The molecule has 0 amide bonds. The van der Waals surface area contributed by atoms with Crippen LogP contribution in [-0.4, -0.2) is 56.3 Å². The van der Waals surface area contributed by atoms with E-state index in [0.717, 1.165) is 0 Å². The van der Waals surface area contributed by atoms with Crippen LogP contribution in [0.5, 0.6) is 0 Å². The van der Waals surface area contributed by atoms with Crippen LogP contribution >= 0.6 is 11.8 Å². The van der Waals surface area contributed by atoms with Crippen molar-refractivity contribution in [1.29, 1.82) is 0 Å². The van der Waals surface area contributed by atoms with Gasteiger partial charge in [-0.25, -0.2) is 0 Å². The Morgan fingerprint density at radius 2 is 1.20 bits per heavy atom. The zero-order valence-electron chi connectivity index (χ0n) is 9.33. The first kappa shape index (κ1) is 15.2. The summed E-state index contributed by atoms with van der Waals surface area (Å²) in [6.07, 6.45) is -0.0577. The number of aliphatic hydroxyl groups excluding tert-OH is 4. The van der Waals surface area contributed by atoms with Gasteiger partial charge >= 0.3 is 0 Å². The standard InChI is InChI=1S/C10H22O4S/c1-7(13)9(3-5-11)15-10(4-6-12)8(2)14/h7-14H,3-6H2,1-2H3. The fourth-order valence-electron chi connectivity index (χ4n) is 1.32. The monoisotopic (exact) mass is 238 g/mol. The highest BCUT2D eigenvalue weighted by Gasteiger charge is 2.23. The van der Waals surface area contributed by atoms with Gasteiger partial charge in [0.15, 0.2) is 0 Å². The largest absolute Gasteiger partial charge is 0.396 e. The Labute approximate surface area is 95.3 Å². The smallest absolute Gasteiger partial charge is 0.0631 e. The van der Waals surface area contributed by atoms with Crippen molar-refractivity contribution < 1.29 is 20.4 Å². The molecule has 0 aromatic carbocycles. The van der Waals surface area contributed by atoms with Gasteiger partial charge in [-0.05, 0) is 26.7 Å². The zero-order chi connectivity index (χ0) is 11.8. The predicted octanol–water partition coefficient (Wildman–Crippen LogP) is -0.0168. The van der Waals surface area contributed by atoms with E-state index in [9.17, 15) is 10.2 Å². The second kappa shape index (κ2) is 8.35. The molecule has 4 unspecified atom stereocenters. The molecule has 0 aromatic rings. The van der Waals surface area contributed by atoms with Crippen molar-refractivity contribution in [3.63, 3.8) is 0 Å². The topological polar surface area (TPSA) is 80.9 Å². The SMILES string of the molecule is CC(O)C(CCO)SC(CCO)C(C)O. The van der Waals surface area contributed by atoms with Gasteiger partial charge in [0.1, 0.15) is 0 Å². The molecule has 4 nitrogen and oxygen atoms in total. The minimum atomic E-state index is -0.526. The molecule has 0 saturated carbocycles. The van der Waals surface area contributed by atoms with E-state index in [-0.39, 0.29) is 23.7 Å². The molecule has 0 bridgehead atoms. The summed E-state index contributed by atoms with van der Waals surface area (Å²) in [7, 11) is 0. The molecule has 0 heterocycles. The van der Waals surface area contributed by atoms with Crippen LogP contribution in [0.15, 0.2) is 0 Å². The maximum absolute atomic E-state index is 9.47. The summed E-state index contributed by atoms with van der Waals surface area (Å²) in [6.45, 7) is 3.39. The van der Waals surface area contributed by atoms with Crippen LogP contribution < -0.4 is 0 Å². The maximum atomic E-state index is 9.47. The third-order valence-corrected chi connectivity index (χ3v) is 4.21. The zero-order valence-corrected chi connectivity index (χ0v) is 10.2. The first-order valence-corrected chi connectivity index (χ1v) is 6.20. The van der Waals surface area contributed by atoms with Crippen molar-refractivity contribution in [1.82, 2.24) is 0 Å². The molecule has 0 aliphatic rings.